The summed E-state index contributed by atoms with van der Waals surface area (Å²) in [5, 5.41) is 5.47. The van der Waals surface area contributed by atoms with Crippen LogP contribution in [0.3, 0.4) is 0 Å². The first-order valence-electron chi connectivity index (χ1n) is 5.27. The van der Waals surface area contributed by atoms with Gasteiger partial charge in [-0.1, -0.05) is 12.1 Å². The molecule has 4 heteroatoms. The minimum atomic E-state index is -0.399. The van der Waals surface area contributed by atoms with E-state index in [0.29, 0.717) is 6.54 Å². The van der Waals surface area contributed by atoms with Crippen molar-refractivity contribution in [2.24, 2.45) is 5.73 Å². The third-order valence-corrected chi connectivity index (χ3v) is 1.98. The van der Waals surface area contributed by atoms with E-state index in [4.69, 9.17) is 5.73 Å². The van der Waals surface area contributed by atoms with E-state index >= 15 is 0 Å². The molecule has 1 aromatic rings. The first-order chi connectivity index (χ1) is 7.37. The number of benzene rings is 1. The lowest BCUT2D eigenvalue weighted by atomic mass is 10.1. The first kappa shape index (κ1) is 12.5. The van der Waals surface area contributed by atoms with Crippen molar-refractivity contribution in [2.45, 2.75) is 26.3 Å². The summed E-state index contributed by atoms with van der Waals surface area (Å²) < 4.78 is 0. The minimum Gasteiger partial charge on any atom is -0.336 e. The van der Waals surface area contributed by atoms with Gasteiger partial charge in [0.05, 0.1) is 0 Å². The number of aryl methyl sites for hydroxylation is 1. The second kappa shape index (κ2) is 4.99. The fourth-order valence-electron chi connectivity index (χ4n) is 1.21. The Kier molecular flexibility index (Phi) is 3.90. The molecule has 0 radical (unpaired) electrons. The van der Waals surface area contributed by atoms with Crippen LogP contribution in [0, 0.1) is 6.92 Å². The van der Waals surface area contributed by atoms with Crippen LogP contribution in [0.15, 0.2) is 24.3 Å². The number of carbonyl (C=O) groups is 1. The third-order valence-electron chi connectivity index (χ3n) is 1.98. The predicted molar refractivity (Wildman–Crippen MR) is 66.5 cm³/mol. The van der Waals surface area contributed by atoms with Gasteiger partial charge in [-0.3, -0.25) is 0 Å². The maximum absolute atomic E-state index is 11.5. The molecule has 0 fully saturated rings. The van der Waals surface area contributed by atoms with E-state index in [0.717, 1.165) is 11.3 Å². The lowest BCUT2D eigenvalue weighted by Gasteiger charge is -2.19. The third kappa shape index (κ3) is 4.79. The predicted octanol–water partition coefficient (Wildman–Crippen LogP) is 1.85. The number of urea groups is 1. The zero-order valence-electron chi connectivity index (χ0n) is 10.0. The molecule has 88 valence electrons. The maximum atomic E-state index is 11.5. The van der Waals surface area contributed by atoms with Gasteiger partial charge in [0.1, 0.15) is 0 Å². The number of nitrogens with one attached hydrogen (secondary N) is 2. The lowest BCUT2D eigenvalue weighted by molar-refractivity contribution is 0.250. The monoisotopic (exact) mass is 221 g/mol. The average Bonchev–Trinajstić information content (AvgIpc) is 2.14. The van der Waals surface area contributed by atoms with Crippen LogP contribution in [0.4, 0.5) is 10.5 Å². The number of rotatable bonds is 3. The number of hydrogen-bond acceptors (Lipinski definition) is 2. The molecule has 16 heavy (non-hydrogen) atoms. The Hall–Kier alpha value is -1.55. The molecule has 0 atom stereocenters. The highest BCUT2D eigenvalue weighted by Gasteiger charge is 2.11. The molecule has 0 spiro atoms. The van der Waals surface area contributed by atoms with Crippen LogP contribution >= 0.6 is 0 Å². The molecule has 0 aliphatic rings. The van der Waals surface area contributed by atoms with Crippen molar-refractivity contribution in [3.63, 3.8) is 0 Å². The summed E-state index contributed by atoms with van der Waals surface area (Å²) in [6.45, 7) is 6.14. The van der Waals surface area contributed by atoms with Crippen molar-refractivity contribution in [1.82, 2.24) is 5.32 Å². The van der Waals surface area contributed by atoms with Crippen molar-refractivity contribution in [3.8, 4) is 0 Å². The van der Waals surface area contributed by atoms with Gasteiger partial charge in [0.15, 0.2) is 0 Å². The van der Waals surface area contributed by atoms with Crippen LogP contribution < -0.4 is 16.4 Å². The van der Waals surface area contributed by atoms with Crippen molar-refractivity contribution < 1.29 is 4.79 Å². The smallest absolute Gasteiger partial charge is 0.319 e. The molecule has 1 aromatic carbocycles. The normalized spacial score (nSPS) is 11.0. The standard InChI is InChI=1S/C12H19N3O/c1-9-5-4-6-10(7-9)15-11(16)14-8-12(2,3)13/h4-7H,8,13H2,1-3H3,(H2,14,15,16). The van der Waals surface area contributed by atoms with Crippen LogP contribution in [0.2, 0.25) is 0 Å². The van der Waals surface area contributed by atoms with Crippen molar-refractivity contribution in [1.29, 1.82) is 0 Å². The van der Waals surface area contributed by atoms with Crippen LogP contribution in [0.5, 0.6) is 0 Å². The van der Waals surface area contributed by atoms with E-state index in [1.807, 2.05) is 45.0 Å². The molecule has 0 aliphatic carbocycles. The average molecular weight is 221 g/mol. The Bertz CT molecular complexity index is 369. The van der Waals surface area contributed by atoms with E-state index in [1.54, 1.807) is 0 Å². The van der Waals surface area contributed by atoms with Gasteiger partial charge in [0.25, 0.3) is 0 Å². The molecular weight excluding hydrogens is 202 g/mol. The summed E-state index contributed by atoms with van der Waals surface area (Å²) in [6, 6.07) is 7.40. The molecule has 2 amide bonds. The Morgan fingerprint density at radius 2 is 2.12 bits per heavy atom. The maximum Gasteiger partial charge on any atom is 0.319 e. The molecule has 1 rings (SSSR count). The molecule has 0 aliphatic heterocycles. The summed E-state index contributed by atoms with van der Waals surface area (Å²) in [4.78, 5) is 11.5. The van der Waals surface area contributed by atoms with Crippen LogP contribution in [0.25, 0.3) is 0 Å². The van der Waals surface area contributed by atoms with Gasteiger partial charge in [-0.05, 0) is 38.5 Å². The molecule has 0 bridgehead atoms. The van der Waals surface area contributed by atoms with Crippen LogP contribution in [-0.4, -0.2) is 18.1 Å². The lowest BCUT2D eigenvalue weighted by Crippen LogP contribution is -2.46. The summed E-state index contributed by atoms with van der Waals surface area (Å²) in [5.74, 6) is 0. The van der Waals surface area contributed by atoms with Gasteiger partial charge in [-0.25, -0.2) is 4.79 Å². The fourth-order valence-corrected chi connectivity index (χ4v) is 1.21. The summed E-state index contributed by atoms with van der Waals surface area (Å²) in [7, 11) is 0. The fraction of sp³-hybridized carbons (Fsp3) is 0.417. The SMILES string of the molecule is Cc1cccc(NC(=O)NCC(C)(C)N)c1. The first-order valence-corrected chi connectivity index (χ1v) is 5.27. The Morgan fingerprint density at radius 1 is 1.44 bits per heavy atom. The second-order valence-corrected chi connectivity index (χ2v) is 4.67. The zero-order chi connectivity index (χ0) is 12.2. The van der Waals surface area contributed by atoms with Crippen molar-refractivity contribution in [3.05, 3.63) is 29.8 Å². The van der Waals surface area contributed by atoms with E-state index in [-0.39, 0.29) is 6.03 Å². The molecule has 0 unspecified atom stereocenters. The molecule has 0 aromatic heterocycles. The van der Waals surface area contributed by atoms with Crippen molar-refractivity contribution in [2.75, 3.05) is 11.9 Å². The van der Waals surface area contributed by atoms with Crippen molar-refractivity contribution >= 4 is 11.7 Å². The number of nitrogens with two attached hydrogens (primary N) is 1. The van der Waals surface area contributed by atoms with Gasteiger partial charge < -0.3 is 16.4 Å². The van der Waals surface area contributed by atoms with E-state index in [9.17, 15) is 4.79 Å². The van der Waals surface area contributed by atoms with Gasteiger partial charge in [0, 0.05) is 17.8 Å². The Morgan fingerprint density at radius 3 is 2.69 bits per heavy atom. The Labute approximate surface area is 96.2 Å². The minimum absolute atomic E-state index is 0.232. The number of carbonyl (C=O) groups excluding carboxylic acids is 1. The molecule has 4 N–H and O–H groups in total. The van der Waals surface area contributed by atoms with E-state index in [1.165, 1.54) is 0 Å². The van der Waals surface area contributed by atoms with E-state index in [2.05, 4.69) is 10.6 Å². The molecule has 0 saturated carbocycles. The van der Waals surface area contributed by atoms with Crippen LogP contribution in [0.1, 0.15) is 19.4 Å². The zero-order valence-corrected chi connectivity index (χ0v) is 10.0. The number of anilines is 1. The van der Waals surface area contributed by atoms with Gasteiger partial charge in [0.2, 0.25) is 0 Å². The van der Waals surface area contributed by atoms with E-state index < -0.39 is 5.54 Å². The van der Waals surface area contributed by atoms with Gasteiger partial charge >= 0.3 is 6.03 Å². The number of amides is 2. The van der Waals surface area contributed by atoms with Crippen LogP contribution in [-0.2, 0) is 0 Å². The topological polar surface area (TPSA) is 67.2 Å². The molecule has 0 saturated heterocycles. The van der Waals surface area contributed by atoms with Gasteiger partial charge in [-0.2, -0.15) is 0 Å². The highest BCUT2D eigenvalue weighted by atomic mass is 16.2. The second-order valence-electron chi connectivity index (χ2n) is 4.67. The highest BCUT2D eigenvalue weighted by molar-refractivity contribution is 5.89. The molecular formula is C12H19N3O. The molecule has 4 nitrogen and oxygen atoms in total. The molecule has 0 heterocycles. The van der Waals surface area contributed by atoms with Gasteiger partial charge in [-0.15, -0.1) is 0 Å². The Balaban J connectivity index is 2.46. The number of hydrogen-bond donors (Lipinski definition) is 3. The summed E-state index contributed by atoms with van der Waals surface area (Å²) >= 11 is 0. The summed E-state index contributed by atoms with van der Waals surface area (Å²) in [5.41, 5.74) is 7.25. The quantitative estimate of drug-likeness (QED) is 0.729. The summed E-state index contributed by atoms with van der Waals surface area (Å²) in [6.07, 6.45) is 0. The largest absolute Gasteiger partial charge is 0.336 e. The highest BCUT2D eigenvalue weighted by Crippen LogP contribution is 2.08.